The first-order valence-corrected chi connectivity index (χ1v) is 11.5. The van der Waals surface area contributed by atoms with Crippen LogP contribution in [0.2, 0.25) is 0 Å². The monoisotopic (exact) mass is 484 g/mol. The van der Waals surface area contributed by atoms with Crippen molar-refractivity contribution in [1.29, 1.82) is 0 Å². The lowest BCUT2D eigenvalue weighted by atomic mass is 9.94. The summed E-state index contributed by atoms with van der Waals surface area (Å²) in [4.78, 5) is 21.6. The maximum absolute atomic E-state index is 15.0. The molecule has 0 aromatic carbocycles. The fourth-order valence-corrected chi connectivity index (χ4v) is 4.72. The predicted molar refractivity (Wildman–Crippen MR) is 126 cm³/mol. The molecule has 1 spiro atoms. The number of ether oxygens (including phenoxy) is 3. The van der Waals surface area contributed by atoms with Crippen LogP contribution in [-0.4, -0.2) is 63.8 Å². The van der Waals surface area contributed by atoms with Gasteiger partial charge < -0.3 is 25.3 Å². The summed E-state index contributed by atoms with van der Waals surface area (Å²) in [6.45, 7) is 6.90. The molecule has 0 radical (unpaired) electrons. The zero-order valence-electron chi connectivity index (χ0n) is 20.2. The summed E-state index contributed by atoms with van der Waals surface area (Å²) in [7, 11) is 1.43. The molecule has 35 heavy (non-hydrogen) atoms. The molecule has 0 unspecified atom stereocenters. The summed E-state index contributed by atoms with van der Waals surface area (Å²) in [5, 5.41) is 7.09. The number of aromatic nitrogens is 4. The second-order valence-corrected chi connectivity index (χ2v) is 10.1. The number of pyridine rings is 1. The van der Waals surface area contributed by atoms with Crippen molar-refractivity contribution in [3.8, 4) is 17.1 Å². The van der Waals surface area contributed by atoms with Crippen LogP contribution in [0.4, 0.5) is 10.2 Å². The Hall–Kier alpha value is -3.31. The van der Waals surface area contributed by atoms with E-state index in [4.69, 9.17) is 19.9 Å². The minimum Gasteiger partial charge on any atom is -0.480 e. The van der Waals surface area contributed by atoms with Gasteiger partial charge in [0.1, 0.15) is 23.6 Å². The molecule has 1 amide bonds. The first-order chi connectivity index (χ1) is 16.6. The topological polar surface area (TPSA) is 126 Å². The molecule has 3 aromatic rings. The van der Waals surface area contributed by atoms with Crippen LogP contribution in [0.3, 0.4) is 0 Å². The maximum atomic E-state index is 15.0. The molecule has 4 heterocycles. The number of nitrogens with one attached hydrogen (secondary N) is 1. The van der Waals surface area contributed by atoms with Gasteiger partial charge in [-0.2, -0.15) is 5.10 Å². The van der Waals surface area contributed by atoms with E-state index in [2.05, 4.69) is 20.4 Å². The molecule has 3 N–H and O–H groups in total. The van der Waals surface area contributed by atoms with Crippen LogP contribution < -0.4 is 15.8 Å². The molecular formula is C24H29FN6O4. The third-order valence-corrected chi connectivity index (χ3v) is 6.60. The Bertz CT molecular complexity index is 1280. The summed E-state index contributed by atoms with van der Waals surface area (Å²) in [5.74, 6) is -1.03. The highest BCUT2D eigenvalue weighted by Crippen LogP contribution is 2.42. The molecule has 11 heteroatoms. The second kappa shape index (κ2) is 8.42. The van der Waals surface area contributed by atoms with Crippen LogP contribution in [0.15, 0.2) is 24.7 Å². The van der Waals surface area contributed by atoms with Gasteiger partial charge in [0, 0.05) is 30.0 Å². The van der Waals surface area contributed by atoms with Crippen molar-refractivity contribution in [3.63, 3.8) is 0 Å². The third kappa shape index (κ3) is 4.19. The number of carbonyl (C=O) groups excluding carboxylic acids is 1. The number of alkyl halides is 1. The Morgan fingerprint density at radius 3 is 2.71 bits per heavy atom. The molecule has 2 atom stereocenters. The van der Waals surface area contributed by atoms with Crippen LogP contribution >= 0.6 is 0 Å². The van der Waals surface area contributed by atoms with Crippen LogP contribution in [0.25, 0.3) is 16.8 Å². The lowest BCUT2D eigenvalue weighted by Gasteiger charge is -2.41. The zero-order chi connectivity index (χ0) is 25.0. The standard InChI is InChI=1S/C24H29FN6O4/c1-13-5-18(31-19(13)20(26)28-12-29-31)14-6-15(22(33-4)27-9-14)21(32)30-17-8-24(7-16(17)25)34-10-23(2,3)11-35-24/h5-6,9,12,16-17H,7-8,10-11H2,1-4H3,(H,30,32)(H2,26,28,29)/t16-,17+/m0/s1. The quantitative estimate of drug-likeness (QED) is 0.579. The molecular weight excluding hydrogens is 455 g/mol. The predicted octanol–water partition coefficient (Wildman–Crippen LogP) is 2.69. The number of amides is 1. The molecule has 2 fully saturated rings. The van der Waals surface area contributed by atoms with Gasteiger partial charge in [-0.1, -0.05) is 13.8 Å². The minimum absolute atomic E-state index is 0.0694. The van der Waals surface area contributed by atoms with Crippen LogP contribution in [0.5, 0.6) is 5.88 Å². The van der Waals surface area contributed by atoms with E-state index in [-0.39, 0.29) is 29.7 Å². The van der Waals surface area contributed by atoms with Crippen LogP contribution in [0, 0.1) is 12.3 Å². The molecule has 1 aliphatic carbocycles. The van der Waals surface area contributed by atoms with E-state index in [9.17, 15) is 9.18 Å². The lowest BCUT2D eigenvalue weighted by Crippen LogP contribution is -2.47. The number of nitrogens with zero attached hydrogens (tertiary/aromatic N) is 4. The SMILES string of the molecule is COc1ncc(-c2cc(C)c3c(N)ncnn23)cc1C(=O)N[C@@H]1CC2(C[C@@H]1F)OCC(C)(C)CO2. The van der Waals surface area contributed by atoms with Gasteiger partial charge in [0.2, 0.25) is 5.88 Å². The van der Waals surface area contributed by atoms with E-state index in [0.29, 0.717) is 35.8 Å². The highest BCUT2D eigenvalue weighted by Gasteiger charge is 2.51. The van der Waals surface area contributed by atoms with E-state index in [1.165, 1.54) is 13.4 Å². The number of halogens is 1. The Labute approximate surface area is 202 Å². The smallest absolute Gasteiger partial charge is 0.257 e. The molecule has 186 valence electrons. The number of rotatable bonds is 4. The van der Waals surface area contributed by atoms with E-state index in [0.717, 1.165) is 5.56 Å². The number of nitrogens with two attached hydrogens (primary N) is 1. The average molecular weight is 485 g/mol. The summed E-state index contributed by atoms with van der Waals surface area (Å²) in [6, 6.07) is 2.78. The molecule has 3 aromatic heterocycles. The fourth-order valence-electron chi connectivity index (χ4n) is 4.72. The van der Waals surface area contributed by atoms with Gasteiger partial charge >= 0.3 is 0 Å². The maximum Gasteiger partial charge on any atom is 0.257 e. The van der Waals surface area contributed by atoms with Crippen molar-refractivity contribution < 1.29 is 23.4 Å². The van der Waals surface area contributed by atoms with Gasteiger partial charge in [0.05, 0.1) is 32.1 Å². The molecule has 2 aliphatic rings. The van der Waals surface area contributed by atoms with E-state index >= 15 is 0 Å². The first kappa shape index (κ1) is 23.4. The lowest BCUT2D eigenvalue weighted by molar-refractivity contribution is -0.296. The number of hydrogen-bond donors (Lipinski definition) is 2. The Kier molecular flexibility index (Phi) is 5.64. The molecule has 1 saturated heterocycles. The van der Waals surface area contributed by atoms with Gasteiger partial charge in [-0.15, -0.1) is 0 Å². The summed E-state index contributed by atoms with van der Waals surface area (Å²) in [5.41, 5.74) is 8.94. The average Bonchev–Trinajstić information content (AvgIpc) is 3.33. The van der Waals surface area contributed by atoms with E-state index < -0.39 is 23.9 Å². The number of methoxy groups -OCH3 is 1. The minimum atomic E-state index is -1.31. The van der Waals surface area contributed by atoms with Gasteiger partial charge in [-0.3, -0.25) is 4.79 Å². The van der Waals surface area contributed by atoms with Crippen LogP contribution in [0.1, 0.15) is 42.6 Å². The number of anilines is 1. The molecule has 1 aliphatic heterocycles. The van der Waals surface area contributed by atoms with Gasteiger partial charge in [-0.25, -0.2) is 18.9 Å². The molecule has 5 rings (SSSR count). The van der Waals surface area contributed by atoms with E-state index in [1.807, 2.05) is 26.8 Å². The Morgan fingerprint density at radius 1 is 1.26 bits per heavy atom. The fraction of sp³-hybridized carbons (Fsp3) is 0.500. The third-order valence-electron chi connectivity index (χ3n) is 6.60. The van der Waals surface area contributed by atoms with Crippen molar-refractivity contribution >= 4 is 17.2 Å². The second-order valence-electron chi connectivity index (χ2n) is 10.1. The highest BCUT2D eigenvalue weighted by atomic mass is 19.1. The summed E-state index contributed by atoms with van der Waals surface area (Å²) >= 11 is 0. The number of fused-ring (bicyclic) bond motifs is 1. The zero-order valence-corrected chi connectivity index (χ0v) is 20.2. The molecule has 1 saturated carbocycles. The van der Waals surface area contributed by atoms with Crippen molar-refractivity contribution in [1.82, 2.24) is 24.9 Å². The van der Waals surface area contributed by atoms with Crippen molar-refractivity contribution in [2.75, 3.05) is 26.1 Å². The number of carbonyl (C=O) groups is 1. The Balaban J connectivity index is 1.41. The van der Waals surface area contributed by atoms with Crippen molar-refractivity contribution in [2.24, 2.45) is 5.41 Å². The number of nitrogen functional groups attached to an aromatic ring is 1. The molecule has 10 nitrogen and oxygen atoms in total. The molecule has 0 bridgehead atoms. The number of hydrogen-bond acceptors (Lipinski definition) is 8. The van der Waals surface area contributed by atoms with E-state index in [1.54, 1.807) is 16.8 Å². The van der Waals surface area contributed by atoms with Gasteiger partial charge in [-0.05, 0) is 24.6 Å². The Morgan fingerprint density at radius 2 is 2.00 bits per heavy atom. The summed E-state index contributed by atoms with van der Waals surface area (Å²) < 4.78 is 33.8. The first-order valence-electron chi connectivity index (χ1n) is 11.5. The van der Waals surface area contributed by atoms with Crippen molar-refractivity contribution in [2.45, 2.75) is 51.6 Å². The van der Waals surface area contributed by atoms with Crippen molar-refractivity contribution in [3.05, 3.63) is 35.8 Å². The van der Waals surface area contributed by atoms with Crippen LogP contribution in [-0.2, 0) is 9.47 Å². The largest absolute Gasteiger partial charge is 0.480 e. The number of aryl methyl sites for hydroxylation is 1. The van der Waals surface area contributed by atoms with Gasteiger partial charge in [0.25, 0.3) is 5.91 Å². The normalized spacial score (nSPS) is 23.0. The van der Waals surface area contributed by atoms with Gasteiger partial charge in [0.15, 0.2) is 11.6 Å². The highest BCUT2D eigenvalue weighted by molar-refractivity contribution is 5.98. The summed E-state index contributed by atoms with van der Waals surface area (Å²) in [6.07, 6.45) is 1.94.